The van der Waals surface area contributed by atoms with Gasteiger partial charge in [0.05, 0.1) is 46.7 Å². The molecule has 1 amide bonds. The molecule has 3 aromatic rings. The van der Waals surface area contributed by atoms with Crippen LogP contribution in [0.25, 0.3) is 0 Å². The average molecular weight is 747 g/mol. The maximum atomic E-state index is 14.2. The van der Waals surface area contributed by atoms with Gasteiger partial charge in [-0.05, 0) is 86.1 Å². The third kappa shape index (κ3) is 6.72. The highest BCUT2D eigenvalue weighted by molar-refractivity contribution is 7.91. The highest BCUT2D eigenvalue weighted by Gasteiger charge is 2.49. The highest BCUT2D eigenvalue weighted by Crippen LogP contribution is 2.53. The van der Waals surface area contributed by atoms with Crippen LogP contribution in [0.2, 0.25) is 0 Å². The van der Waals surface area contributed by atoms with Crippen LogP contribution in [-0.4, -0.2) is 93.9 Å². The molecule has 0 unspecified atom stereocenters. The Morgan fingerprint density at radius 3 is 2.49 bits per heavy atom. The van der Waals surface area contributed by atoms with Crippen LogP contribution >= 0.6 is 0 Å². The normalized spacial score (nSPS) is 23.8. The van der Waals surface area contributed by atoms with Crippen LogP contribution in [0, 0.1) is 28.4 Å². The molecule has 4 fully saturated rings. The largest absolute Gasteiger partial charge is 0.474 e. The van der Waals surface area contributed by atoms with Crippen molar-refractivity contribution in [3.8, 4) is 5.88 Å². The van der Waals surface area contributed by atoms with Gasteiger partial charge < -0.3 is 30.2 Å². The minimum absolute atomic E-state index is 0.0420. The first-order chi connectivity index (χ1) is 25.5. The number of piperidine rings is 1. The molecule has 2 aromatic carbocycles. The van der Waals surface area contributed by atoms with E-state index in [0.29, 0.717) is 31.5 Å². The van der Waals surface area contributed by atoms with Crippen molar-refractivity contribution in [3.63, 3.8) is 0 Å². The molecule has 0 radical (unpaired) electrons. The van der Waals surface area contributed by atoms with Crippen molar-refractivity contribution in [2.45, 2.75) is 73.5 Å². The molecule has 5 heterocycles. The number of carbonyl (C=O) groups is 1. The summed E-state index contributed by atoms with van der Waals surface area (Å²) in [6.45, 7) is 7.32. The van der Waals surface area contributed by atoms with Crippen molar-refractivity contribution in [1.29, 1.82) is 0 Å². The molecule has 15 heteroatoms. The number of pyridine rings is 1. The standard InChI is InChI=1S/C38H46N6O8S/c1-24-4-2-3-5-28(24)32-23-51-17-14-43(32)27-20-38(21-27)10-12-42(13-11-38)26-6-7-29(36(39)45)33(18-26)53(48,49)34-19-31(44(46)47)35-37(41-34)52-22-30(40-35)25-8-15-50-16-9-25/h2-7,18-19,25,27,30,32,40H,8-17,20-23H2,1H3,(H2,39,45)/t30-,32-/m0/s1. The van der Waals surface area contributed by atoms with E-state index >= 15 is 0 Å². The predicted molar refractivity (Wildman–Crippen MR) is 196 cm³/mol. The molecule has 1 spiro atoms. The molecule has 1 aliphatic carbocycles. The average Bonchev–Trinajstić information content (AvgIpc) is 3.16. The molecule has 2 atom stereocenters. The van der Waals surface area contributed by atoms with Gasteiger partial charge >= 0.3 is 5.69 Å². The number of hydrogen-bond donors (Lipinski definition) is 2. The van der Waals surface area contributed by atoms with E-state index in [4.69, 9.17) is 19.9 Å². The second-order valence-corrected chi connectivity index (χ2v) is 17.1. The summed E-state index contributed by atoms with van der Waals surface area (Å²) in [5.41, 5.74) is 8.52. The summed E-state index contributed by atoms with van der Waals surface area (Å²) in [7, 11) is -4.55. The van der Waals surface area contributed by atoms with Crippen molar-refractivity contribution in [3.05, 3.63) is 75.3 Å². The number of anilines is 2. The number of benzene rings is 2. The topological polar surface area (TPSA) is 179 Å². The zero-order valence-electron chi connectivity index (χ0n) is 29.9. The minimum Gasteiger partial charge on any atom is -0.474 e. The first-order valence-electron chi connectivity index (χ1n) is 18.5. The maximum absolute atomic E-state index is 14.2. The quantitative estimate of drug-likeness (QED) is 0.241. The lowest BCUT2D eigenvalue weighted by Gasteiger charge is -2.57. The van der Waals surface area contributed by atoms with Gasteiger partial charge in [0.2, 0.25) is 21.6 Å². The molecule has 8 rings (SSSR count). The van der Waals surface area contributed by atoms with Gasteiger partial charge in [0, 0.05) is 44.6 Å². The zero-order chi connectivity index (χ0) is 36.9. The summed E-state index contributed by atoms with van der Waals surface area (Å²) < 4.78 is 45.7. The second kappa shape index (κ2) is 14.2. The Bertz CT molecular complexity index is 2010. The lowest BCUT2D eigenvalue weighted by Crippen LogP contribution is -2.57. The van der Waals surface area contributed by atoms with Crippen molar-refractivity contribution in [1.82, 2.24) is 9.88 Å². The maximum Gasteiger partial charge on any atom is 0.300 e. The Labute approximate surface area is 309 Å². The Hall–Kier alpha value is -4.31. The number of nitrogens with two attached hydrogens (primary N) is 1. The van der Waals surface area contributed by atoms with E-state index in [1.54, 1.807) is 6.07 Å². The van der Waals surface area contributed by atoms with Crippen LogP contribution in [0.3, 0.4) is 0 Å². The SMILES string of the molecule is Cc1ccccc1[C@@H]1COCCN1C1CC2(CCN(c3ccc(C(N)=O)c(S(=O)(=O)c4cc([N+](=O)[O-])c5c(n4)OC[C@@H](C4CCOCC4)N5)c3)CC2)C1. The number of nitrogens with zero attached hydrogens (tertiary/aromatic N) is 4. The molecule has 3 N–H and O–H groups in total. The summed E-state index contributed by atoms with van der Waals surface area (Å²) in [6.07, 6.45) is 5.69. The van der Waals surface area contributed by atoms with Crippen LogP contribution in [0.5, 0.6) is 5.88 Å². The molecule has 5 aliphatic rings. The fraction of sp³-hybridized carbons (Fsp3) is 0.526. The van der Waals surface area contributed by atoms with E-state index in [1.165, 1.54) is 23.3 Å². The van der Waals surface area contributed by atoms with Crippen molar-refractivity contribution in [2.24, 2.45) is 17.1 Å². The first-order valence-corrected chi connectivity index (χ1v) is 20.0. The number of primary amides is 1. The molecule has 4 aliphatic heterocycles. The van der Waals surface area contributed by atoms with Gasteiger partial charge in [-0.2, -0.15) is 4.98 Å². The number of amides is 1. The molecule has 14 nitrogen and oxygen atoms in total. The second-order valence-electron chi connectivity index (χ2n) is 15.2. The highest BCUT2D eigenvalue weighted by atomic mass is 32.2. The summed E-state index contributed by atoms with van der Waals surface area (Å²) in [5.74, 6) is -0.914. The molecule has 282 valence electrons. The van der Waals surface area contributed by atoms with E-state index in [-0.39, 0.29) is 52.0 Å². The Balaban J connectivity index is 0.998. The van der Waals surface area contributed by atoms with Gasteiger partial charge in [-0.15, -0.1) is 0 Å². The Morgan fingerprint density at radius 2 is 1.77 bits per heavy atom. The molecule has 1 saturated carbocycles. The van der Waals surface area contributed by atoms with Crippen LogP contribution in [0.4, 0.5) is 17.1 Å². The number of aryl methyl sites for hydroxylation is 1. The van der Waals surface area contributed by atoms with Gasteiger partial charge in [0.1, 0.15) is 6.61 Å². The monoisotopic (exact) mass is 746 g/mol. The number of hydrogen-bond acceptors (Lipinski definition) is 12. The Kier molecular flexibility index (Phi) is 9.54. The first kappa shape index (κ1) is 35.7. The van der Waals surface area contributed by atoms with Gasteiger partial charge in [-0.3, -0.25) is 19.8 Å². The summed E-state index contributed by atoms with van der Waals surface area (Å²) >= 11 is 0. The zero-order valence-corrected chi connectivity index (χ0v) is 30.7. The number of fused-ring (bicyclic) bond motifs is 1. The third-order valence-electron chi connectivity index (χ3n) is 12.2. The molecular formula is C38H46N6O8S. The van der Waals surface area contributed by atoms with Crippen LogP contribution in [0.15, 0.2) is 58.5 Å². The molecule has 1 aromatic heterocycles. The Morgan fingerprint density at radius 1 is 1.02 bits per heavy atom. The van der Waals surface area contributed by atoms with Gasteiger partial charge in [0.15, 0.2) is 10.7 Å². The minimum atomic E-state index is -4.55. The van der Waals surface area contributed by atoms with Gasteiger partial charge in [-0.1, -0.05) is 24.3 Å². The molecule has 0 bridgehead atoms. The number of sulfone groups is 1. The number of rotatable bonds is 8. The number of ether oxygens (including phenoxy) is 3. The number of nitrogens with one attached hydrogen (secondary N) is 1. The summed E-state index contributed by atoms with van der Waals surface area (Å²) in [6, 6.07) is 14.6. The fourth-order valence-corrected chi connectivity index (χ4v) is 10.6. The van der Waals surface area contributed by atoms with Crippen LogP contribution < -0.4 is 20.7 Å². The van der Waals surface area contributed by atoms with E-state index in [0.717, 1.165) is 70.8 Å². The van der Waals surface area contributed by atoms with Crippen molar-refractivity contribution >= 4 is 32.8 Å². The van der Waals surface area contributed by atoms with Crippen molar-refractivity contribution in [2.75, 3.05) is 62.9 Å². The summed E-state index contributed by atoms with van der Waals surface area (Å²) in [4.78, 5) is 32.9. The molecule has 3 saturated heterocycles. The van der Waals surface area contributed by atoms with Crippen LogP contribution in [0.1, 0.15) is 66.1 Å². The number of carbonyl (C=O) groups excluding carboxylic acids is 1. The third-order valence-corrected chi connectivity index (χ3v) is 13.9. The van der Waals surface area contributed by atoms with Crippen molar-refractivity contribution < 1.29 is 32.3 Å². The number of aromatic nitrogens is 1. The molecule has 53 heavy (non-hydrogen) atoms. The van der Waals surface area contributed by atoms with E-state index in [9.17, 15) is 23.3 Å². The van der Waals surface area contributed by atoms with E-state index < -0.39 is 31.4 Å². The summed E-state index contributed by atoms with van der Waals surface area (Å²) in [5, 5.41) is 14.9. The molecular weight excluding hydrogens is 701 g/mol. The van der Waals surface area contributed by atoms with E-state index in [2.05, 4.69) is 51.3 Å². The van der Waals surface area contributed by atoms with Gasteiger partial charge in [0.25, 0.3) is 0 Å². The fourth-order valence-electron chi connectivity index (χ4n) is 9.13. The lowest BCUT2D eigenvalue weighted by atomic mass is 9.59. The van der Waals surface area contributed by atoms with Gasteiger partial charge in [-0.25, -0.2) is 8.42 Å². The predicted octanol–water partition coefficient (Wildman–Crippen LogP) is 4.65. The smallest absolute Gasteiger partial charge is 0.300 e. The van der Waals surface area contributed by atoms with Crippen LogP contribution in [-0.2, 0) is 19.3 Å². The van der Waals surface area contributed by atoms with E-state index in [1.807, 2.05) is 0 Å². The lowest BCUT2D eigenvalue weighted by molar-refractivity contribution is -0.384. The number of morpholine rings is 1. The number of nitro groups is 1.